The molecule has 1 aromatic rings. The summed E-state index contributed by atoms with van der Waals surface area (Å²) < 4.78 is 2.33. The standard InChI is InChI=1S/C12H18N2/c1-9(2)14-10(3)8-12(11(14)4)6-5-7-13/h8-9H,5-6H2,1-4H3. The van der Waals surface area contributed by atoms with Crippen molar-refractivity contribution in [2.75, 3.05) is 0 Å². The molecule has 1 rings (SSSR count). The highest BCUT2D eigenvalue weighted by molar-refractivity contribution is 5.27. The minimum absolute atomic E-state index is 0.505. The van der Waals surface area contributed by atoms with Gasteiger partial charge in [-0.15, -0.1) is 0 Å². The summed E-state index contributed by atoms with van der Waals surface area (Å²) >= 11 is 0. The van der Waals surface area contributed by atoms with Crippen LogP contribution >= 0.6 is 0 Å². The summed E-state index contributed by atoms with van der Waals surface area (Å²) in [6.07, 6.45) is 1.49. The highest BCUT2D eigenvalue weighted by Gasteiger charge is 2.10. The monoisotopic (exact) mass is 190 g/mol. The third kappa shape index (κ3) is 1.98. The molecule has 0 N–H and O–H groups in total. The molecule has 0 spiro atoms. The van der Waals surface area contributed by atoms with Gasteiger partial charge in [-0.3, -0.25) is 0 Å². The van der Waals surface area contributed by atoms with Crippen LogP contribution in [0.4, 0.5) is 0 Å². The van der Waals surface area contributed by atoms with Gasteiger partial charge in [0, 0.05) is 23.9 Å². The lowest BCUT2D eigenvalue weighted by atomic mass is 10.1. The number of nitrogens with zero attached hydrogens (tertiary/aromatic N) is 2. The van der Waals surface area contributed by atoms with E-state index in [0.29, 0.717) is 12.5 Å². The number of aromatic nitrogens is 1. The van der Waals surface area contributed by atoms with Gasteiger partial charge in [-0.25, -0.2) is 0 Å². The summed E-state index contributed by atoms with van der Waals surface area (Å²) in [6, 6.07) is 4.90. The van der Waals surface area contributed by atoms with Crippen LogP contribution in [0.3, 0.4) is 0 Å². The molecule has 0 bridgehead atoms. The Morgan fingerprint density at radius 3 is 2.50 bits per heavy atom. The topological polar surface area (TPSA) is 28.7 Å². The van der Waals surface area contributed by atoms with Crippen LogP contribution in [0.1, 0.15) is 43.3 Å². The summed E-state index contributed by atoms with van der Waals surface area (Å²) in [5, 5.41) is 8.55. The molecule has 2 nitrogen and oxygen atoms in total. The molecule has 1 aromatic heterocycles. The molecule has 0 unspecified atom stereocenters. The van der Waals surface area contributed by atoms with Crippen molar-refractivity contribution in [3.63, 3.8) is 0 Å². The first-order valence-corrected chi connectivity index (χ1v) is 5.12. The Balaban J connectivity index is 2.99. The molecule has 0 aliphatic rings. The molecule has 0 aliphatic carbocycles. The van der Waals surface area contributed by atoms with E-state index in [2.05, 4.69) is 44.4 Å². The second-order valence-electron chi connectivity index (χ2n) is 4.02. The van der Waals surface area contributed by atoms with Crippen LogP contribution in [0.25, 0.3) is 0 Å². The van der Waals surface area contributed by atoms with Crippen LogP contribution in [-0.4, -0.2) is 4.57 Å². The minimum Gasteiger partial charge on any atom is -0.346 e. The first-order chi connectivity index (χ1) is 6.57. The lowest BCUT2D eigenvalue weighted by Gasteiger charge is -2.13. The van der Waals surface area contributed by atoms with Gasteiger partial charge < -0.3 is 4.57 Å². The maximum atomic E-state index is 8.55. The highest BCUT2D eigenvalue weighted by atomic mass is 15.0. The van der Waals surface area contributed by atoms with E-state index in [9.17, 15) is 0 Å². The molecular weight excluding hydrogens is 172 g/mol. The third-order valence-electron chi connectivity index (χ3n) is 2.61. The van der Waals surface area contributed by atoms with E-state index in [1.54, 1.807) is 0 Å². The average Bonchev–Trinajstić information content (AvgIpc) is 2.38. The van der Waals surface area contributed by atoms with E-state index in [1.807, 2.05) is 0 Å². The first kappa shape index (κ1) is 10.8. The van der Waals surface area contributed by atoms with E-state index in [-0.39, 0.29) is 0 Å². The normalized spacial score (nSPS) is 10.6. The Labute approximate surface area is 86.2 Å². The van der Waals surface area contributed by atoms with Crippen LogP contribution in [0.2, 0.25) is 0 Å². The van der Waals surface area contributed by atoms with Gasteiger partial charge in [-0.1, -0.05) is 0 Å². The lowest BCUT2D eigenvalue weighted by Crippen LogP contribution is -2.05. The number of hydrogen-bond acceptors (Lipinski definition) is 1. The summed E-state index contributed by atoms with van der Waals surface area (Å²) in [4.78, 5) is 0. The van der Waals surface area contributed by atoms with E-state index >= 15 is 0 Å². The van der Waals surface area contributed by atoms with Crippen LogP contribution in [0, 0.1) is 25.2 Å². The van der Waals surface area contributed by atoms with Gasteiger partial charge >= 0.3 is 0 Å². The molecule has 14 heavy (non-hydrogen) atoms. The fourth-order valence-corrected chi connectivity index (χ4v) is 2.08. The highest BCUT2D eigenvalue weighted by Crippen LogP contribution is 2.20. The van der Waals surface area contributed by atoms with Gasteiger partial charge in [0.15, 0.2) is 0 Å². The summed E-state index contributed by atoms with van der Waals surface area (Å²) in [7, 11) is 0. The number of nitriles is 1. The molecular formula is C12H18N2. The van der Waals surface area contributed by atoms with Gasteiger partial charge in [-0.05, 0) is 45.7 Å². The molecule has 0 aromatic carbocycles. The van der Waals surface area contributed by atoms with Crippen molar-refractivity contribution in [2.24, 2.45) is 0 Å². The second-order valence-corrected chi connectivity index (χ2v) is 4.02. The van der Waals surface area contributed by atoms with Crippen molar-refractivity contribution < 1.29 is 0 Å². The van der Waals surface area contributed by atoms with Gasteiger partial charge in [0.25, 0.3) is 0 Å². The van der Waals surface area contributed by atoms with Crippen molar-refractivity contribution >= 4 is 0 Å². The molecule has 0 saturated heterocycles. The number of aryl methyl sites for hydroxylation is 2. The maximum Gasteiger partial charge on any atom is 0.0625 e. The van der Waals surface area contributed by atoms with E-state index in [4.69, 9.17) is 5.26 Å². The maximum absolute atomic E-state index is 8.55. The molecule has 76 valence electrons. The summed E-state index contributed by atoms with van der Waals surface area (Å²) in [5.74, 6) is 0. The third-order valence-corrected chi connectivity index (χ3v) is 2.61. The van der Waals surface area contributed by atoms with Crippen LogP contribution in [0.15, 0.2) is 6.07 Å². The van der Waals surface area contributed by atoms with Gasteiger partial charge in [0.05, 0.1) is 6.07 Å². The van der Waals surface area contributed by atoms with E-state index in [0.717, 1.165) is 6.42 Å². The molecule has 0 saturated carbocycles. The summed E-state index contributed by atoms with van der Waals surface area (Å²) in [5.41, 5.74) is 3.93. The van der Waals surface area contributed by atoms with Gasteiger partial charge in [0.1, 0.15) is 0 Å². The molecule has 1 heterocycles. The van der Waals surface area contributed by atoms with E-state index in [1.165, 1.54) is 17.0 Å². The molecule has 0 amide bonds. The van der Waals surface area contributed by atoms with Gasteiger partial charge in [0.2, 0.25) is 0 Å². The predicted molar refractivity (Wildman–Crippen MR) is 58.2 cm³/mol. The predicted octanol–water partition coefficient (Wildman–Crippen LogP) is 3.14. The second kappa shape index (κ2) is 4.32. The SMILES string of the molecule is Cc1cc(CCC#N)c(C)n1C(C)C. The fourth-order valence-electron chi connectivity index (χ4n) is 2.08. The molecule has 0 atom stereocenters. The lowest BCUT2D eigenvalue weighted by molar-refractivity contribution is 0.573. The van der Waals surface area contributed by atoms with Crippen LogP contribution < -0.4 is 0 Å². The average molecular weight is 190 g/mol. The minimum atomic E-state index is 0.505. The number of hydrogen-bond donors (Lipinski definition) is 0. The zero-order valence-corrected chi connectivity index (χ0v) is 9.46. The zero-order valence-electron chi connectivity index (χ0n) is 9.46. The zero-order chi connectivity index (χ0) is 10.7. The quantitative estimate of drug-likeness (QED) is 0.719. The van der Waals surface area contributed by atoms with Crippen molar-refractivity contribution in [1.82, 2.24) is 4.57 Å². The van der Waals surface area contributed by atoms with Crippen molar-refractivity contribution in [1.29, 1.82) is 5.26 Å². The molecule has 0 radical (unpaired) electrons. The Hall–Kier alpha value is -1.23. The molecule has 2 heteroatoms. The Morgan fingerprint density at radius 1 is 1.43 bits per heavy atom. The summed E-state index contributed by atoms with van der Waals surface area (Å²) in [6.45, 7) is 8.64. The van der Waals surface area contributed by atoms with E-state index < -0.39 is 0 Å². The largest absolute Gasteiger partial charge is 0.346 e. The Morgan fingerprint density at radius 2 is 2.07 bits per heavy atom. The first-order valence-electron chi connectivity index (χ1n) is 5.12. The smallest absolute Gasteiger partial charge is 0.0625 e. The molecule has 0 fully saturated rings. The van der Waals surface area contributed by atoms with Crippen molar-refractivity contribution in [2.45, 2.75) is 46.6 Å². The number of rotatable bonds is 3. The van der Waals surface area contributed by atoms with Crippen molar-refractivity contribution in [3.05, 3.63) is 23.0 Å². The van der Waals surface area contributed by atoms with Crippen LogP contribution in [0.5, 0.6) is 0 Å². The van der Waals surface area contributed by atoms with Gasteiger partial charge in [-0.2, -0.15) is 5.26 Å². The Kier molecular flexibility index (Phi) is 3.35. The molecule has 0 aliphatic heterocycles. The fraction of sp³-hybridized carbons (Fsp3) is 0.583. The van der Waals surface area contributed by atoms with Crippen LogP contribution in [-0.2, 0) is 6.42 Å². The van der Waals surface area contributed by atoms with Crippen molar-refractivity contribution in [3.8, 4) is 6.07 Å². The Bertz CT molecular complexity index is 353.